The number of nitrogens with two attached hydrogens (primary N) is 1. The molecule has 0 aliphatic heterocycles. The molecule has 0 radical (unpaired) electrons. The van der Waals surface area contributed by atoms with Gasteiger partial charge in [-0.1, -0.05) is 6.07 Å². The fourth-order valence-electron chi connectivity index (χ4n) is 2.11. The standard InChI is InChI=1S/C13H17FN4O2/c1-18-13(11(20-3)7-16-18)12(17-15)8-4-5-10(19-2)9(14)6-8/h4-7,12,17H,15H2,1-3H3. The van der Waals surface area contributed by atoms with Gasteiger partial charge in [0.2, 0.25) is 0 Å². The first-order chi connectivity index (χ1) is 9.62. The highest BCUT2D eigenvalue weighted by Gasteiger charge is 2.22. The van der Waals surface area contributed by atoms with E-state index in [1.165, 1.54) is 13.2 Å². The first-order valence-electron chi connectivity index (χ1n) is 5.97. The van der Waals surface area contributed by atoms with Crippen LogP contribution in [0.25, 0.3) is 0 Å². The Hall–Kier alpha value is -2.12. The van der Waals surface area contributed by atoms with Crippen molar-refractivity contribution in [3.8, 4) is 11.5 Å². The third kappa shape index (κ3) is 2.45. The highest BCUT2D eigenvalue weighted by molar-refractivity contribution is 5.39. The van der Waals surface area contributed by atoms with E-state index in [0.717, 1.165) is 0 Å². The molecule has 0 aliphatic rings. The van der Waals surface area contributed by atoms with E-state index < -0.39 is 11.9 Å². The van der Waals surface area contributed by atoms with Crippen molar-refractivity contribution in [1.29, 1.82) is 0 Å². The number of methoxy groups -OCH3 is 2. The van der Waals surface area contributed by atoms with Gasteiger partial charge in [0.1, 0.15) is 5.69 Å². The number of halogens is 1. The number of hydrogen-bond donors (Lipinski definition) is 2. The summed E-state index contributed by atoms with van der Waals surface area (Å²) in [5.74, 6) is 5.91. The van der Waals surface area contributed by atoms with Crippen LogP contribution in [0, 0.1) is 5.82 Å². The summed E-state index contributed by atoms with van der Waals surface area (Å²) in [5.41, 5.74) is 4.01. The molecule has 20 heavy (non-hydrogen) atoms. The molecule has 0 saturated carbocycles. The molecule has 1 heterocycles. The third-order valence-corrected chi connectivity index (χ3v) is 3.12. The van der Waals surface area contributed by atoms with Crippen LogP contribution in [0.5, 0.6) is 11.5 Å². The van der Waals surface area contributed by atoms with Crippen LogP contribution in [0.1, 0.15) is 17.3 Å². The van der Waals surface area contributed by atoms with Crippen molar-refractivity contribution in [3.63, 3.8) is 0 Å². The SMILES string of the molecule is COc1ccc(C(NN)c2c(OC)cnn2C)cc1F. The maximum atomic E-state index is 13.8. The summed E-state index contributed by atoms with van der Waals surface area (Å²) in [5, 5.41) is 4.12. The number of nitrogens with zero attached hydrogens (tertiary/aromatic N) is 2. The van der Waals surface area contributed by atoms with E-state index in [1.54, 1.807) is 37.2 Å². The average Bonchev–Trinajstić information content (AvgIpc) is 2.81. The Morgan fingerprint density at radius 3 is 2.55 bits per heavy atom. The van der Waals surface area contributed by atoms with Crippen molar-refractivity contribution in [2.75, 3.05) is 14.2 Å². The summed E-state index contributed by atoms with van der Waals surface area (Å²) in [6.45, 7) is 0. The minimum Gasteiger partial charge on any atom is -0.494 e. The minimum atomic E-state index is -0.452. The Balaban J connectivity index is 2.47. The molecule has 0 spiro atoms. The lowest BCUT2D eigenvalue weighted by Crippen LogP contribution is -2.30. The largest absolute Gasteiger partial charge is 0.494 e. The second-order valence-corrected chi connectivity index (χ2v) is 4.22. The molecule has 0 bridgehead atoms. The number of hydrogen-bond acceptors (Lipinski definition) is 5. The first-order valence-corrected chi connectivity index (χ1v) is 5.97. The highest BCUT2D eigenvalue weighted by atomic mass is 19.1. The molecule has 1 aromatic carbocycles. The van der Waals surface area contributed by atoms with Crippen LogP contribution in [0.15, 0.2) is 24.4 Å². The maximum absolute atomic E-state index is 13.8. The van der Waals surface area contributed by atoms with Gasteiger partial charge in [-0.15, -0.1) is 0 Å². The van der Waals surface area contributed by atoms with Gasteiger partial charge in [0.05, 0.1) is 26.5 Å². The van der Waals surface area contributed by atoms with Crippen LogP contribution in [-0.4, -0.2) is 24.0 Å². The predicted molar refractivity (Wildman–Crippen MR) is 71.9 cm³/mol. The van der Waals surface area contributed by atoms with E-state index in [4.69, 9.17) is 15.3 Å². The zero-order chi connectivity index (χ0) is 14.7. The third-order valence-electron chi connectivity index (χ3n) is 3.12. The zero-order valence-electron chi connectivity index (χ0n) is 11.6. The van der Waals surface area contributed by atoms with Gasteiger partial charge in [-0.2, -0.15) is 5.10 Å². The van der Waals surface area contributed by atoms with Crippen LogP contribution in [0.3, 0.4) is 0 Å². The van der Waals surface area contributed by atoms with Crippen molar-refractivity contribution in [1.82, 2.24) is 15.2 Å². The maximum Gasteiger partial charge on any atom is 0.165 e. The number of ether oxygens (including phenoxy) is 2. The van der Waals surface area contributed by atoms with Gasteiger partial charge in [0.15, 0.2) is 17.3 Å². The number of rotatable bonds is 5. The molecule has 7 heteroatoms. The zero-order valence-corrected chi connectivity index (χ0v) is 11.6. The van der Waals surface area contributed by atoms with Crippen molar-refractivity contribution < 1.29 is 13.9 Å². The molecule has 3 N–H and O–H groups in total. The fraction of sp³-hybridized carbons (Fsp3) is 0.308. The highest BCUT2D eigenvalue weighted by Crippen LogP contribution is 2.30. The van der Waals surface area contributed by atoms with Crippen molar-refractivity contribution in [3.05, 3.63) is 41.5 Å². The quantitative estimate of drug-likeness (QED) is 0.634. The molecule has 6 nitrogen and oxygen atoms in total. The van der Waals surface area contributed by atoms with Gasteiger partial charge in [-0.3, -0.25) is 10.5 Å². The predicted octanol–water partition coefficient (Wildman–Crippen LogP) is 1.13. The molecular weight excluding hydrogens is 263 g/mol. The average molecular weight is 280 g/mol. The minimum absolute atomic E-state index is 0.182. The van der Waals surface area contributed by atoms with Crippen molar-refractivity contribution >= 4 is 0 Å². The van der Waals surface area contributed by atoms with Gasteiger partial charge in [-0.25, -0.2) is 9.82 Å². The van der Waals surface area contributed by atoms with E-state index in [-0.39, 0.29) is 5.75 Å². The molecule has 2 rings (SSSR count). The number of aryl methyl sites for hydroxylation is 1. The smallest absolute Gasteiger partial charge is 0.165 e. The van der Waals surface area contributed by atoms with Crippen LogP contribution in [0.2, 0.25) is 0 Å². The summed E-state index contributed by atoms with van der Waals surface area (Å²) < 4.78 is 25.6. The fourth-order valence-corrected chi connectivity index (χ4v) is 2.11. The molecule has 0 saturated heterocycles. The van der Waals surface area contributed by atoms with Gasteiger partial charge in [0.25, 0.3) is 0 Å². The Bertz CT molecular complexity index is 600. The molecule has 0 fully saturated rings. The first kappa shape index (κ1) is 14.3. The van der Waals surface area contributed by atoms with Crippen LogP contribution >= 0.6 is 0 Å². The second-order valence-electron chi connectivity index (χ2n) is 4.22. The van der Waals surface area contributed by atoms with Crippen LogP contribution in [0.4, 0.5) is 4.39 Å². The molecule has 1 aromatic heterocycles. The monoisotopic (exact) mass is 280 g/mol. The molecule has 0 aliphatic carbocycles. The van der Waals surface area contributed by atoms with Crippen LogP contribution < -0.4 is 20.7 Å². The number of nitrogens with one attached hydrogen (secondary N) is 1. The topological polar surface area (TPSA) is 74.3 Å². The van der Waals surface area contributed by atoms with E-state index >= 15 is 0 Å². The summed E-state index contributed by atoms with van der Waals surface area (Å²) in [6.07, 6.45) is 1.58. The van der Waals surface area contributed by atoms with E-state index in [2.05, 4.69) is 10.5 Å². The molecular formula is C13H17FN4O2. The normalized spacial score (nSPS) is 12.2. The van der Waals surface area contributed by atoms with Gasteiger partial charge < -0.3 is 9.47 Å². The molecule has 1 unspecified atom stereocenters. The summed E-state index contributed by atoms with van der Waals surface area (Å²) in [6, 6.07) is 4.21. The van der Waals surface area contributed by atoms with Gasteiger partial charge in [0, 0.05) is 7.05 Å². The van der Waals surface area contributed by atoms with E-state index in [1.807, 2.05) is 0 Å². The lowest BCUT2D eigenvalue weighted by molar-refractivity contribution is 0.385. The van der Waals surface area contributed by atoms with Gasteiger partial charge >= 0.3 is 0 Å². The molecule has 2 aromatic rings. The second kappa shape index (κ2) is 5.89. The van der Waals surface area contributed by atoms with Crippen molar-refractivity contribution in [2.45, 2.75) is 6.04 Å². The lowest BCUT2D eigenvalue weighted by atomic mass is 10.0. The van der Waals surface area contributed by atoms with Gasteiger partial charge in [-0.05, 0) is 17.7 Å². The molecule has 108 valence electrons. The Morgan fingerprint density at radius 1 is 1.30 bits per heavy atom. The van der Waals surface area contributed by atoms with Crippen LogP contribution in [-0.2, 0) is 7.05 Å². The Labute approximate surface area is 116 Å². The summed E-state index contributed by atoms with van der Waals surface area (Å²) in [4.78, 5) is 0. The Kier molecular flexibility index (Phi) is 4.21. The molecule has 1 atom stereocenters. The number of hydrazine groups is 1. The molecule has 0 amide bonds. The van der Waals surface area contributed by atoms with Crippen molar-refractivity contribution in [2.24, 2.45) is 12.9 Å². The number of benzene rings is 1. The summed E-state index contributed by atoms with van der Waals surface area (Å²) >= 11 is 0. The Morgan fingerprint density at radius 2 is 2.00 bits per heavy atom. The van der Waals surface area contributed by atoms with E-state index in [9.17, 15) is 4.39 Å². The number of aromatic nitrogens is 2. The lowest BCUT2D eigenvalue weighted by Gasteiger charge is -2.18. The summed E-state index contributed by atoms with van der Waals surface area (Å²) in [7, 11) is 4.73. The van der Waals surface area contributed by atoms with E-state index in [0.29, 0.717) is 17.0 Å².